The van der Waals surface area contributed by atoms with Crippen LogP contribution in [0.15, 0.2) is 77.3 Å². The van der Waals surface area contributed by atoms with Crippen molar-refractivity contribution in [3.63, 3.8) is 0 Å². The van der Waals surface area contributed by atoms with Crippen molar-refractivity contribution >= 4 is 58.4 Å². The van der Waals surface area contributed by atoms with E-state index < -0.39 is 20.3 Å². The molecule has 0 aliphatic heterocycles. The van der Waals surface area contributed by atoms with Gasteiger partial charge in [0.1, 0.15) is 5.82 Å². The first-order valence-electron chi connectivity index (χ1n) is 12.7. The monoisotopic (exact) mass is 711 g/mol. The van der Waals surface area contributed by atoms with E-state index in [1.54, 1.807) is 12.1 Å². The molecule has 3 rings (SSSR count). The van der Waals surface area contributed by atoms with Gasteiger partial charge >= 0.3 is 0 Å². The van der Waals surface area contributed by atoms with Gasteiger partial charge in [0.15, 0.2) is 8.32 Å². The van der Waals surface area contributed by atoms with Crippen LogP contribution in [0.4, 0.5) is 10.1 Å². The van der Waals surface area contributed by atoms with Gasteiger partial charge in [-0.3, -0.25) is 4.79 Å². The van der Waals surface area contributed by atoms with E-state index >= 15 is 0 Å². The second-order valence-corrected chi connectivity index (χ2v) is 18.0. The van der Waals surface area contributed by atoms with Gasteiger partial charge < -0.3 is 14.8 Å². The smallest absolute Gasteiger partial charge is 0.230 e. The first-order valence-corrected chi connectivity index (χ1v) is 17.5. The summed E-state index contributed by atoms with van der Waals surface area (Å²) >= 11 is 5.65. The zero-order valence-corrected chi connectivity index (χ0v) is 27.2. The number of aliphatic hydroxyl groups is 1. The molecule has 0 aliphatic rings. The fourth-order valence-corrected chi connectivity index (χ4v) is 5.87. The summed E-state index contributed by atoms with van der Waals surface area (Å²) in [6, 6.07) is 21.3. The van der Waals surface area contributed by atoms with Crippen LogP contribution < -0.4 is 5.32 Å². The van der Waals surface area contributed by atoms with Crippen LogP contribution >= 0.6 is 38.5 Å². The summed E-state index contributed by atoms with van der Waals surface area (Å²) in [5.74, 6) is -1.28. The van der Waals surface area contributed by atoms with Crippen molar-refractivity contribution < 1.29 is 18.7 Å². The third kappa shape index (κ3) is 8.45. The van der Waals surface area contributed by atoms with Crippen LogP contribution in [-0.2, 0) is 9.22 Å². The Morgan fingerprint density at radius 1 is 0.974 bits per heavy atom. The molecule has 0 heterocycles. The third-order valence-electron chi connectivity index (χ3n) is 7.27. The van der Waals surface area contributed by atoms with Crippen molar-refractivity contribution in [2.75, 3.05) is 5.32 Å². The molecule has 0 radical (unpaired) electrons. The number of nitrogens with one attached hydrogen (secondary N) is 1. The molecule has 4 nitrogen and oxygen atoms in total. The SMILES string of the molecule is CC(C)(C)[Si](C)(C)O[C@@H](CC[C@@H](C(=O)Nc1ccc(I)cc1)[C@H](O)c1ccc(Br)cc1)c1ccc(F)cc1. The minimum atomic E-state index is -2.19. The Labute approximate surface area is 248 Å². The highest BCUT2D eigenvalue weighted by atomic mass is 127. The van der Waals surface area contributed by atoms with Gasteiger partial charge in [-0.2, -0.15) is 0 Å². The Hall–Kier alpha value is -1.59. The van der Waals surface area contributed by atoms with E-state index in [2.05, 4.69) is 77.7 Å². The summed E-state index contributed by atoms with van der Waals surface area (Å²) in [5, 5.41) is 14.3. The van der Waals surface area contributed by atoms with Crippen molar-refractivity contribution in [2.45, 2.75) is 64.0 Å². The van der Waals surface area contributed by atoms with Crippen molar-refractivity contribution in [2.24, 2.45) is 5.92 Å². The average Bonchev–Trinajstić information content (AvgIpc) is 2.85. The molecule has 0 aromatic heterocycles. The molecule has 3 atom stereocenters. The van der Waals surface area contributed by atoms with Gasteiger partial charge in [0.25, 0.3) is 0 Å². The number of anilines is 1. The van der Waals surface area contributed by atoms with Crippen molar-refractivity contribution in [1.82, 2.24) is 0 Å². The van der Waals surface area contributed by atoms with Crippen LogP contribution in [0.25, 0.3) is 0 Å². The molecule has 0 spiro atoms. The fourth-order valence-electron chi connectivity index (χ4n) is 3.93. The minimum absolute atomic E-state index is 0.0240. The normalized spacial score (nSPS) is 14.6. The van der Waals surface area contributed by atoms with Crippen LogP contribution in [0.5, 0.6) is 0 Å². The molecule has 1 amide bonds. The largest absolute Gasteiger partial charge is 0.410 e. The number of amides is 1. The molecule has 8 heteroatoms. The van der Waals surface area contributed by atoms with E-state index in [4.69, 9.17) is 4.43 Å². The highest BCUT2D eigenvalue weighted by Gasteiger charge is 2.40. The van der Waals surface area contributed by atoms with Gasteiger partial charge in [0.05, 0.1) is 18.1 Å². The second kappa shape index (κ2) is 13.2. The standard InChI is InChI=1S/C30H36BrFINO3Si/c1-30(2,3)38(4,5)37-27(20-8-12-23(32)13-9-20)19-18-26(28(35)21-6-10-22(31)11-7-21)29(36)34-25-16-14-24(33)15-17-25/h6-17,26-28,35H,18-19H2,1-5H3,(H,34,36)/t26-,27+,28-/m1/s1. The van der Waals surface area contributed by atoms with Gasteiger partial charge in [-0.25, -0.2) is 4.39 Å². The number of aliphatic hydroxyl groups excluding tert-OH is 1. The lowest BCUT2D eigenvalue weighted by Crippen LogP contribution is -2.42. The summed E-state index contributed by atoms with van der Waals surface area (Å²) in [5.41, 5.74) is 2.21. The Morgan fingerprint density at radius 3 is 2.08 bits per heavy atom. The number of carbonyl (C=O) groups is 1. The van der Waals surface area contributed by atoms with E-state index in [-0.39, 0.29) is 22.9 Å². The molecule has 3 aromatic rings. The predicted molar refractivity (Wildman–Crippen MR) is 167 cm³/mol. The van der Waals surface area contributed by atoms with Gasteiger partial charge in [-0.15, -0.1) is 0 Å². The van der Waals surface area contributed by atoms with Gasteiger partial charge in [0, 0.05) is 13.7 Å². The number of halogens is 3. The zero-order chi connectivity index (χ0) is 28.1. The molecule has 0 saturated heterocycles. The highest BCUT2D eigenvalue weighted by molar-refractivity contribution is 14.1. The molecule has 3 aromatic carbocycles. The maximum atomic E-state index is 13.7. The number of hydrogen-bond donors (Lipinski definition) is 2. The molecule has 0 aliphatic carbocycles. The maximum absolute atomic E-state index is 13.7. The first kappa shape index (κ1) is 30.9. The summed E-state index contributed by atoms with van der Waals surface area (Å²) in [4.78, 5) is 13.6. The van der Waals surface area contributed by atoms with E-state index in [9.17, 15) is 14.3 Å². The quantitative estimate of drug-likeness (QED) is 0.163. The van der Waals surface area contributed by atoms with Crippen LogP contribution in [0.1, 0.15) is 56.9 Å². The number of rotatable bonds is 10. The number of carbonyl (C=O) groups excluding carboxylic acids is 1. The summed E-state index contributed by atoms with van der Waals surface area (Å²) in [6.07, 6.45) is -0.462. The Kier molecular flexibility index (Phi) is 10.7. The lowest BCUT2D eigenvalue weighted by molar-refractivity contribution is -0.124. The van der Waals surface area contributed by atoms with Crippen molar-refractivity contribution in [3.8, 4) is 0 Å². The van der Waals surface area contributed by atoms with Crippen molar-refractivity contribution in [1.29, 1.82) is 0 Å². The molecule has 0 unspecified atom stereocenters. The number of hydrogen-bond acceptors (Lipinski definition) is 3. The molecule has 0 fully saturated rings. The predicted octanol–water partition coefficient (Wildman–Crippen LogP) is 9.02. The Bertz CT molecular complexity index is 1200. The van der Waals surface area contributed by atoms with E-state index in [1.165, 1.54) is 12.1 Å². The lowest BCUT2D eigenvalue weighted by Gasteiger charge is -2.40. The lowest BCUT2D eigenvalue weighted by atomic mass is 9.88. The Balaban J connectivity index is 1.90. The molecular weight excluding hydrogens is 676 g/mol. The topological polar surface area (TPSA) is 58.6 Å². The Morgan fingerprint density at radius 2 is 1.53 bits per heavy atom. The highest BCUT2D eigenvalue weighted by Crippen LogP contribution is 2.42. The molecule has 204 valence electrons. The maximum Gasteiger partial charge on any atom is 0.230 e. The molecule has 38 heavy (non-hydrogen) atoms. The van der Waals surface area contributed by atoms with Crippen LogP contribution in [-0.4, -0.2) is 19.3 Å². The minimum Gasteiger partial charge on any atom is -0.410 e. The third-order valence-corrected chi connectivity index (χ3v) is 13.0. The molecule has 2 N–H and O–H groups in total. The van der Waals surface area contributed by atoms with Gasteiger partial charge in [-0.05, 0) is 113 Å². The summed E-state index contributed by atoms with van der Waals surface area (Å²) < 4.78 is 22.5. The first-order chi connectivity index (χ1) is 17.8. The molecular formula is C30H36BrFINO3Si. The average molecular weight is 713 g/mol. The zero-order valence-electron chi connectivity index (χ0n) is 22.5. The fraction of sp³-hybridized carbons (Fsp3) is 0.367. The summed E-state index contributed by atoms with van der Waals surface area (Å²) in [7, 11) is -2.19. The van der Waals surface area contributed by atoms with Gasteiger partial charge in [-0.1, -0.05) is 61.0 Å². The van der Waals surface area contributed by atoms with Crippen LogP contribution in [0.3, 0.4) is 0 Å². The second-order valence-electron chi connectivity index (χ2n) is 11.1. The van der Waals surface area contributed by atoms with Crippen molar-refractivity contribution in [3.05, 3.63) is 97.8 Å². The molecule has 0 saturated carbocycles. The molecule has 0 bridgehead atoms. The van der Waals surface area contributed by atoms with Crippen LogP contribution in [0.2, 0.25) is 18.1 Å². The van der Waals surface area contributed by atoms with Crippen LogP contribution in [0, 0.1) is 15.3 Å². The van der Waals surface area contributed by atoms with E-state index in [0.717, 1.165) is 13.6 Å². The number of benzene rings is 3. The van der Waals surface area contributed by atoms with E-state index in [1.807, 2.05) is 48.5 Å². The van der Waals surface area contributed by atoms with E-state index in [0.29, 0.717) is 24.1 Å². The van der Waals surface area contributed by atoms with Gasteiger partial charge in [0.2, 0.25) is 5.91 Å². The summed E-state index contributed by atoms with van der Waals surface area (Å²) in [6.45, 7) is 10.9.